The van der Waals surface area contributed by atoms with Gasteiger partial charge in [0.15, 0.2) is 0 Å². The monoisotopic (exact) mass is 360 g/mol. The number of anilines is 1. The van der Waals surface area contributed by atoms with E-state index in [2.05, 4.69) is 20.0 Å². The lowest BCUT2D eigenvalue weighted by Gasteiger charge is -2.36. The van der Waals surface area contributed by atoms with Crippen LogP contribution in [-0.4, -0.2) is 53.6 Å². The van der Waals surface area contributed by atoms with Gasteiger partial charge in [-0.15, -0.1) is 0 Å². The minimum Gasteiger partial charge on any atom is -0.369 e. The van der Waals surface area contributed by atoms with Crippen molar-refractivity contribution in [1.82, 2.24) is 15.1 Å². The van der Waals surface area contributed by atoms with Crippen molar-refractivity contribution < 1.29 is 4.39 Å². The summed E-state index contributed by atoms with van der Waals surface area (Å²) in [4.78, 5) is 4.88. The van der Waals surface area contributed by atoms with Gasteiger partial charge in [0.25, 0.3) is 0 Å². The third kappa shape index (κ3) is 4.01. The summed E-state index contributed by atoms with van der Waals surface area (Å²) in [6.45, 7) is 5.31. The summed E-state index contributed by atoms with van der Waals surface area (Å²) in [7, 11) is 0. The molecule has 0 atom stereocenters. The molecule has 0 aliphatic carbocycles. The summed E-state index contributed by atoms with van der Waals surface area (Å²) in [5.41, 5.74) is 5.24. The molecule has 0 saturated carbocycles. The van der Waals surface area contributed by atoms with Crippen LogP contribution in [0.2, 0.25) is 0 Å². The van der Waals surface area contributed by atoms with Gasteiger partial charge in [0, 0.05) is 48.9 Å². The first-order valence-electron chi connectivity index (χ1n) is 9.15. The topological polar surface area (TPSA) is 35.2 Å². The Kier molecular flexibility index (Phi) is 5.27. The molecule has 0 spiro atoms. The van der Waals surface area contributed by atoms with Crippen LogP contribution in [0.25, 0.3) is 0 Å². The first kappa shape index (κ1) is 16.9. The Hall–Kier alpha value is -1.53. The molecule has 1 saturated heterocycles. The lowest BCUT2D eigenvalue weighted by atomic mass is 10.1. The second-order valence-corrected chi connectivity index (χ2v) is 7.94. The van der Waals surface area contributed by atoms with Crippen molar-refractivity contribution in [1.29, 1.82) is 0 Å². The smallest absolute Gasteiger partial charge is 0.123 e. The van der Waals surface area contributed by atoms with Crippen LogP contribution >= 0.6 is 11.8 Å². The van der Waals surface area contributed by atoms with Crippen molar-refractivity contribution in [2.75, 3.05) is 43.4 Å². The van der Waals surface area contributed by atoms with Crippen LogP contribution in [0.3, 0.4) is 0 Å². The molecule has 4 nitrogen and oxygen atoms in total. The van der Waals surface area contributed by atoms with Crippen molar-refractivity contribution in [3.63, 3.8) is 0 Å². The summed E-state index contributed by atoms with van der Waals surface area (Å²) in [5.74, 6) is 2.17. The third-order valence-electron chi connectivity index (χ3n) is 5.23. The normalized spacial score (nSPS) is 18.4. The Labute approximate surface area is 152 Å². The van der Waals surface area contributed by atoms with Gasteiger partial charge in [-0.25, -0.2) is 4.39 Å². The highest BCUT2D eigenvalue weighted by Crippen LogP contribution is 2.26. The predicted octanol–water partition coefficient (Wildman–Crippen LogP) is 3.09. The lowest BCUT2D eigenvalue weighted by molar-refractivity contribution is 0.255. The molecular formula is C19H25FN4S. The van der Waals surface area contributed by atoms with E-state index in [9.17, 15) is 4.39 Å². The predicted molar refractivity (Wildman–Crippen MR) is 102 cm³/mol. The number of nitrogens with zero attached hydrogens (tertiary/aromatic N) is 3. The summed E-state index contributed by atoms with van der Waals surface area (Å²) < 4.78 is 13.0. The zero-order valence-electron chi connectivity index (χ0n) is 14.5. The summed E-state index contributed by atoms with van der Waals surface area (Å²) >= 11 is 2.02. The molecule has 4 rings (SSSR count). The van der Waals surface area contributed by atoms with Crippen molar-refractivity contribution in [2.45, 2.75) is 25.0 Å². The molecule has 1 fully saturated rings. The number of aromatic amines is 1. The Morgan fingerprint density at radius 1 is 1.12 bits per heavy atom. The van der Waals surface area contributed by atoms with E-state index in [1.807, 2.05) is 23.9 Å². The number of fused-ring (bicyclic) bond motifs is 1. The van der Waals surface area contributed by atoms with Gasteiger partial charge >= 0.3 is 0 Å². The molecule has 1 aromatic heterocycles. The fourth-order valence-corrected chi connectivity index (χ4v) is 4.77. The average Bonchev–Trinajstić information content (AvgIpc) is 3.06. The molecule has 25 heavy (non-hydrogen) atoms. The first-order chi connectivity index (χ1) is 12.3. The molecule has 2 aliphatic rings. The molecule has 3 heterocycles. The van der Waals surface area contributed by atoms with Crippen molar-refractivity contribution >= 4 is 17.4 Å². The van der Waals surface area contributed by atoms with Crippen LogP contribution in [0.5, 0.6) is 0 Å². The highest BCUT2D eigenvalue weighted by Gasteiger charge is 2.19. The van der Waals surface area contributed by atoms with E-state index in [4.69, 9.17) is 0 Å². The number of hydrogen-bond acceptors (Lipinski definition) is 4. The number of piperazine rings is 1. The first-order valence-corrected chi connectivity index (χ1v) is 10.3. The number of rotatable bonds is 5. The average molecular weight is 361 g/mol. The summed E-state index contributed by atoms with van der Waals surface area (Å²) in [6, 6.07) is 6.85. The molecule has 2 aliphatic heterocycles. The van der Waals surface area contributed by atoms with E-state index in [0.717, 1.165) is 57.0 Å². The Balaban J connectivity index is 1.23. The minimum absolute atomic E-state index is 0.165. The second kappa shape index (κ2) is 7.79. The van der Waals surface area contributed by atoms with E-state index in [0.29, 0.717) is 0 Å². The van der Waals surface area contributed by atoms with Crippen LogP contribution in [-0.2, 0) is 18.6 Å². The van der Waals surface area contributed by atoms with Gasteiger partial charge in [0.1, 0.15) is 5.82 Å². The van der Waals surface area contributed by atoms with Crippen LogP contribution in [0.4, 0.5) is 10.1 Å². The fraction of sp³-hybridized carbons (Fsp3) is 0.526. The van der Waals surface area contributed by atoms with Gasteiger partial charge in [0.2, 0.25) is 0 Å². The summed E-state index contributed by atoms with van der Waals surface area (Å²) in [5, 5.41) is 7.78. The van der Waals surface area contributed by atoms with Gasteiger partial charge < -0.3 is 4.90 Å². The molecule has 0 amide bonds. The molecule has 134 valence electrons. The highest BCUT2D eigenvalue weighted by atomic mass is 32.2. The van der Waals surface area contributed by atoms with E-state index < -0.39 is 0 Å². The van der Waals surface area contributed by atoms with Crippen LogP contribution in [0.15, 0.2) is 24.3 Å². The molecule has 0 radical (unpaired) electrons. The SMILES string of the molecule is Fc1ccc(N2CCN(CCCc3n[nH]c4c3CSCC4)CC2)cc1. The number of aryl methyl sites for hydroxylation is 2. The molecule has 0 bridgehead atoms. The van der Waals surface area contributed by atoms with Gasteiger partial charge in [-0.05, 0) is 55.8 Å². The number of thioether (sulfide) groups is 1. The molecule has 1 aromatic carbocycles. The molecule has 1 N–H and O–H groups in total. The zero-order valence-corrected chi connectivity index (χ0v) is 15.3. The number of hydrogen-bond donors (Lipinski definition) is 1. The van der Waals surface area contributed by atoms with Gasteiger partial charge in [-0.1, -0.05) is 0 Å². The van der Waals surface area contributed by atoms with Crippen molar-refractivity contribution in [3.05, 3.63) is 47.0 Å². The van der Waals surface area contributed by atoms with E-state index in [1.165, 1.54) is 29.1 Å². The number of benzene rings is 1. The third-order valence-corrected chi connectivity index (χ3v) is 6.22. The Bertz CT molecular complexity index is 692. The quantitative estimate of drug-likeness (QED) is 0.889. The number of aromatic nitrogens is 2. The second-order valence-electron chi connectivity index (χ2n) is 6.84. The molecule has 2 aromatic rings. The maximum Gasteiger partial charge on any atom is 0.123 e. The lowest BCUT2D eigenvalue weighted by Crippen LogP contribution is -2.46. The van der Waals surface area contributed by atoms with Gasteiger partial charge in [0.05, 0.1) is 5.69 Å². The zero-order chi connectivity index (χ0) is 17.1. The fourth-order valence-electron chi connectivity index (χ4n) is 3.73. The van der Waals surface area contributed by atoms with Gasteiger partial charge in [-0.3, -0.25) is 10.00 Å². The largest absolute Gasteiger partial charge is 0.369 e. The van der Waals surface area contributed by atoms with E-state index in [1.54, 1.807) is 12.1 Å². The van der Waals surface area contributed by atoms with Crippen LogP contribution in [0.1, 0.15) is 23.4 Å². The van der Waals surface area contributed by atoms with Gasteiger partial charge in [-0.2, -0.15) is 16.9 Å². The molecule has 0 unspecified atom stereocenters. The number of halogens is 1. The van der Waals surface area contributed by atoms with Crippen molar-refractivity contribution in [3.8, 4) is 0 Å². The number of H-pyrrole nitrogens is 1. The van der Waals surface area contributed by atoms with Crippen LogP contribution in [0, 0.1) is 5.82 Å². The maximum absolute atomic E-state index is 13.0. The Morgan fingerprint density at radius 3 is 2.72 bits per heavy atom. The minimum atomic E-state index is -0.165. The van der Waals surface area contributed by atoms with E-state index >= 15 is 0 Å². The molecule has 6 heteroatoms. The molecular weight excluding hydrogens is 335 g/mol. The summed E-state index contributed by atoms with van der Waals surface area (Å²) in [6.07, 6.45) is 3.38. The maximum atomic E-state index is 13.0. The van der Waals surface area contributed by atoms with Crippen molar-refractivity contribution in [2.24, 2.45) is 0 Å². The van der Waals surface area contributed by atoms with Crippen LogP contribution < -0.4 is 4.90 Å². The highest BCUT2D eigenvalue weighted by molar-refractivity contribution is 7.98. The Morgan fingerprint density at radius 2 is 1.92 bits per heavy atom. The standard InChI is InChI=1S/C19H25FN4S/c20-15-3-5-16(6-4-15)24-11-9-23(10-12-24)8-1-2-18-17-14-25-13-7-19(17)22-21-18/h3-6H,1-2,7-14H2,(H,21,22). The van der Waals surface area contributed by atoms with E-state index in [-0.39, 0.29) is 5.82 Å². The number of nitrogens with one attached hydrogen (secondary N) is 1.